The number of methoxy groups -OCH3 is 1. The SMILES string of the molecule is COc1ccc(-c2nc3c(o2)=NC(C)CC=3)cc1. The van der Waals surface area contributed by atoms with Crippen molar-refractivity contribution in [3.8, 4) is 17.2 Å². The van der Waals surface area contributed by atoms with Crippen LogP contribution in [-0.4, -0.2) is 18.1 Å². The molecular formula is C14H14N2O2. The van der Waals surface area contributed by atoms with Crippen molar-refractivity contribution in [2.75, 3.05) is 7.11 Å². The van der Waals surface area contributed by atoms with E-state index in [9.17, 15) is 0 Å². The molecule has 0 radical (unpaired) electrons. The summed E-state index contributed by atoms with van der Waals surface area (Å²) in [7, 11) is 1.65. The molecule has 1 aromatic heterocycles. The van der Waals surface area contributed by atoms with E-state index in [0.717, 1.165) is 23.1 Å². The Bertz CT molecular complexity index is 671. The number of nitrogens with zero attached hydrogens (tertiary/aromatic N) is 2. The van der Waals surface area contributed by atoms with Gasteiger partial charge in [-0.1, -0.05) is 6.08 Å². The molecule has 1 aromatic carbocycles. The zero-order valence-electron chi connectivity index (χ0n) is 10.4. The molecule has 2 heterocycles. The molecule has 4 nitrogen and oxygen atoms in total. The van der Waals surface area contributed by atoms with Crippen molar-refractivity contribution in [3.05, 3.63) is 35.2 Å². The van der Waals surface area contributed by atoms with Gasteiger partial charge in [0, 0.05) is 5.56 Å². The summed E-state index contributed by atoms with van der Waals surface area (Å²) < 4.78 is 10.8. The Labute approximate surface area is 105 Å². The Morgan fingerprint density at radius 2 is 2.06 bits per heavy atom. The van der Waals surface area contributed by atoms with Crippen LogP contribution in [-0.2, 0) is 0 Å². The predicted molar refractivity (Wildman–Crippen MR) is 67.8 cm³/mol. The van der Waals surface area contributed by atoms with Gasteiger partial charge in [-0.05, 0) is 37.6 Å². The summed E-state index contributed by atoms with van der Waals surface area (Å²) in [5.74, 6) is 1.43. The number of hydrogen-bond acceptors (Lipinski definition) is 4. The van der Waals surface area contributed by atoms with E-state index in [1.807, 2.05) is 24.3 Å². The zero-order chi connectivity index (χ0) is 12.5. The fourth-order valence-electron chi connectivity index (χ4n) is 1.94. The number of aromatic nitrogens is 1. The number of rotatable bonds is 2. The molecule has 18 heavy (non-hydrogen) atoms. The lowest BCUT2D eigenvalue weighted by Gasteiger charge is -2.01. The summed E-state index contributed by atoms with van der Waals surface area (Å²) in [6.07, 6.45) is 2.99. The van der Waals surface area contributed by atoms with E-state index in [-0.39, 0.29) is 6.04 Å². The van der Waals surface area contributed by atoms with Crippen LogP contribution in [0, 0.1) is 0 Å². The van der Waals surface area contributed by atoms with Crippen LogP contribution < -0.4 is 15.6 Å². The van der Waals surface area contributed by atoms with E-state index in [1.54, 1.807) is 7.11 Å². The van der Waals surface area contributed by atoms with Gasteiger partial charge in [0.1, 0.15) is 11.1 Å². The first-order chi connectivity index (χ1) is 8.76. The minimum atomic E-state index is 0.272. The Kier molecular flexibility index (Phi) is 2.63. The van der Waals surface area contributed by atoms with Crippen molar-refractivity contribution in [2.45, 2.75) is 19.4 Å². The quantitative estimate of drug-likeness (QED) is 0.802. The van der Waals surface area contributed by atoms with E-state index in [1.165, 1.54) is 0 Å². The second kappa shape index (κ2) is 4.29. The Morgan fingerprint density at radius 3 is 2.78 bits per heavy atom. The van der Waals surface area contributed by atoms with Gasteiger partial charge in [0.25, 0.3) is 0 Å². The molecule has 1 atom stereocenters. The number of benzene rings is 1. The van der Waals surface area contributed by atoms with Crippen molar-refractivity contribution in [2.24, 2.45) is 4.99 Å². The minimum absolute atomic E-state index is 0.272. The molecule has 0 saturated carbocycles. The van der Waals surface area contributed by atoms with Crippen molar-refractivity contribution in [3.63, 3.8) is 0 Å². The number of hydrogen-bond donors (Lipinski definition) is 0. The third-order valence-corrected chi connectivity index (χ3v) is 2.96. The van der Waals surface area contributed by atoms with Crippen molar-refractivity contribution in [1.82, 2.24) is 4.98 Å². The molecule has 4 heteroatoms. The molecule has 0 fully saturated rings. The molecule has 3 rings (SSSR count). The zero-order valence-corrected chi connectivity index (χ0v) is 10.4. The monoisotopic (exact) mass is 242 g/mol. The Morgan fingerprint density at radius 1 is 1.28 bits per heavy atom. The third-order valence-electron chi connectivity index (χ3n) is 2.96. The maximum absolute atomic E-state index is 5.69. The molecule has 1 unspecified atom stereocenters. The molecule has 0 saturated heterocycles. The topological polar surface area (TPSA) is 47.6 Å². The van der Waals surface area contributed by atoms with E-state index in [4.69, 9.17) is 9.15 Å². The van der Waals surface area contributed by atoms with Crippen LogP contribution >= 0.6 is 0 Å². The predicted octanol–water partition coefficient (Wildman–Crippen LogP) is 1.54. The standard InChI is InChI=1S/C14H14N2O2/c1-9-3-8-12-14(15-9)18-13(16-12)10-4-6-11(17-2)7-5-10/h4-9H,3H2,1-2H3. The van der Waals surface area contributed by atoms with Crippen LogP contribution in [0.25, 0.3) is 17.5 Å². The van der Waals surface area contributed by atoms with Gasteiger partial charge in [0.05, 0.1) is 13.2 Å². The van der Waals surface area contributed by atoms with Gasteiger partial charge in [-0.2, -0.15) is 0 Å². The van der Waals surface area contributed by atoms with Gasteiger partial charge < -0.3 is 9.15 Å². The van der Waals surface area contributed by atoms with E-state index in [0.29, 0.717) is 11.4 Å². The van der Waals surface area contributed by atoms with E-state index in [2.05, 4.69) is 23.0 Å². The fourth-order valence-corrected chi connectivity index (χ4v) is 1.94. The first kappa shape index (κ1) is 11.0. The maximum atomic E-state index is 5.69. The minimum Gasteiger partial charge on any atom is -0.497 e. The molecule has 92 valence electrons. The molecule has 2 aromatic rings. The van der Waals surface area contributed by atoms with Gasteiger partial charge in [0.2, 0.25) is 11.4 Å². The molecule has 0 amide bonds. The van der Waals surface area contributed by atoms with Crippen molar-refractivity contribution in [1.29, 1.82) is 0 Å². The Hall–Kier alpha value is -2.10. The molecule has 0 spiro atoms. The van der Waals surface area contributed by atoms with Crippen LogP contribution in [0.3, 0.4) is 0 Å². The summed E-state index contributed by atoms with van der Waals surface area (Å²) in [5.41, 5.74) is 1.57. The third kappa shape index (κ3) is 1.90. The van der Waals surface area contributed by atoms with E-state index < -0.39 is 0 Å². The first-order valence-electron chi connectivity index (χ1n) is 5.95. The Balaban J connectivity index is 2.05. The second-order valence-electron chi connectivity index (χ2n) is 4.36. The van der Waals surface area contributed by atoms with Crippen LogP contribution in [0.2, 0.25) is 0 Å². The van der Waals surface area contributed by atoms with E-state index >= 15 is 0 Å². The highest BCUT2D eigenvalue weighted by Crippen LogP contribution is 2.19. The number of fused-ring (bicyclic) bond motifs is 1. The lowest BCUT2D eigenvalue weighted by atomic mass is 10.2. The average Bonchev–Trinajstić information content (AvgIpc) is 2.81. The highest BCUT2D eigenvalue weighted by atomic mass is 16.5. The number of ether oxygens (including phenoxy) is 1. The van der Waals surface area contributed by atoms with Gasteiger partial charge >= 0.3 is 0 Å². The van der Waals surface area contributed by atoms with Crippen molar-refractivity contribution >= 4 is 6.08 Å². The van der Waals surface area contributed by atoms with Gasteiger partial charge in [-0.25, -0.2) is 9.98 Å². The average molecular weight is 242 g/mol. The molecule has 0 N–H and O–H groups in total. The summed E-state index contributed by atoms with van der Waals surface area (Å²) in [6, 6.07) is 7.91. The lowest BCUT2D eigenvalue weighted by Crippen LogP contribution is -2.28. The fraction of sp³-hybridized carbons (Fsp3) is 0.286. The molecule has 0 aliphatic carbocycles. The first-order valence-corrected chi connectivity index (χ1v) is 5.95. The molecule has 1 aliphatic rings. The van der Waals surface area contributed by atoms with Gasteiger partial charge in [-0.3, -0.25) is 0 Å². The summed E-state index contributed by atoms with van der Waals surface area (Å²) in [6.45, 7) is 2.06. The lowest BCUT2D eigenvalue weighted by molar-refractivity contribution is 0.415. The van der Waals surface area contributed by atoms with Gasteiger partial charge in [-0.15, -0.1) is 0 Å². The van der Waals surface area contributed by atoms with Crippen LogP contribution in [0.1, 0.15) is 13.3 Å². The maximum Gasteiger partial charge on any atom is 0.242 e. The van der Waals surface area contributed by atoms with Crippen LogP contribution in [0.5, 0.6) is 5.75 Å². The molecule has 0 bridgehead atoms. The molecule has 1 aliphatic heterocycles. The largest absolute Gasteiger partial charge is 0.497 e. The second-order valence-corrected chi connectivity index (χ2v) is 4.36. The highest BCUT2D eigenvalue weighted by Gasteiger charge is 2.10. The smallest absolute Gasteiger partial charge is 0.242 e. The van der Waals surface area contributed by atoms with Gasteiger partial charge in [0.15, 0.2) is 0 Å². The van der Waals surface area contributed by atoms with Crippen LogP contribution in [0.15, 0.2) is 33.7 Å². The molecular weight excluding hydrogens is 228 g/mol. The number of oxazole rings is 1. The van der Waals surface area contributed by atoms with Crippen molar-refractivity contribution < 1.29 is 9.15 Å². The normalized spacial score (nSPS) is 17.6. The summed E-state index contributed by atoms with van der Waals surface area (Å²) >= 11 is 0. The van der Waals surface area contributed by atoms with Crippen LogP contribution in [0.4, 0.5) is 0 Å². The summed E-state index contributed by atoms with van der Waals surface area (Å²) in [4.78, 5) is 8.89. The summed E-state index contributed by atoms with van der Waals surface area (Å²) in [5, 5.41) is 0.846. The highest BCUT2D eigenvalue weighted by molar-refractivity contribution is 5.54.